The summed E-state index contributed by atoms with van der Waals surface area (Å²) in [7, 11) is -3.87. The van der Waals surface area contributed by atoms with E-state index in [0.29, 0.717) is 19.3 Å². The molecule has 5 nitrogen and oxygen atoms in total. The van der Waals surface area contributed by atoms with Crippen LogP contribution in [-0.2, 0) is 23.8 Å². The monoisotopic (exact) mass is 482 g/mol. The number of esters is 1. The first-order valence-electron chi connectivity index (χ1n) is 13.0. The first-order chi connectivity index (χ1) is 15.9. The highest BCUT2D eigenvalue weighted by Crippen LogP contribution is 2.17. The molecule has 0 aliphatic carbocycles. The van der Waals surface area contributed by atoms with Crippen LogP contribution < -0.4 is 0 Å². The lowest BCUT2D eigenvalue weighted by atomic mass is 10.0. The zero-order chi connectivity index (χ0) is 24.4. The lowest BCUT2D eigenvalue weighted by molar-refractivity contribution is -0.151. The van der Waals surface area contributed by atoms with Crippen LogP contribution in [0.2, 0.25) is 0 Å². The predicted molar refractivity (Wildman–Crippen MR) is 135 cm³/mol. The number of unbranched alkanes of at least 4 members (excludes halogenated alkanes) is 11. The maximum Gasteiger partial charge on any atom is 0.306 e. The maximum atomic E-state index is 12.5. The molecule has 0 spiro atoms. The smallest absolute Gasteiger partial charge is 0.306 e. The minimum atomic E-state index is -3.87. The van der Waals surface area contributed by atoms with Crippen LogP contribution >= 0.6 is 0 Å². The van der Waals surface area contributed by atoms with E-state index in [2.05, 4.69) is 6.92 Å². The number of ether oxygens (including phenoxy) is 1. The van der Waals surface area contributed by atoms with E-state index in [4.69, 9.17) is 8.92 Å². The second-order valence-electron chi connectivity index (χ2n) is 9.09. The minimum Gasteiger partial charge on any atom is -0.460 e. The van der Waals surface area contributed by atoms with Gasteiger partial charge in [-0.2, -0.15) is 8.42 Å². The molecule has 0 heterocycles. The van der Waals surface area contributed by atoms with Crippen LogP contribution in [0.5, 0.6) is 0 Å². The molecule has 0 aliphatic heterocycles. The molecule has 0 N–H and O–H groups in total. The fraction of sp³-hybridized carbons (Fsp3) is 0.741. The van der Waals surface area contributed by atoms with Gasteiger partial charge < -0.3 is 4.74 Å². The molecule has 0 amide bonds. The predicted octanol–water partition coefficient (Wildman–Crippen LogP) is 7.50. The van der Waals surface area contributed by atoms with E-state index >= 15 is 0 Å². The van der Waals surface area contributed by atoms with Crippen molar-refractivity contribution in [3.63, 3.8) is 0 Å². The average Bonchev–Trinajstić information content (AvgIpc) is 2.78. The Hall–Kier alpha value is -1.40. The lowest BCUT2D eigenvalue weighted by Gasteiger charge is -2.18. The zero-order valence-corrected chi connectivity index (χ0v) is 22.0. The van der Waals surface area contributed by atoms with Crippen LogP contribution in [-0.4, -0.2) is 27.1 Å². The highest BCUT2D eigenvalue weighted by molar-refractivity contribution is 7.86. The lowest BCUT2D eigenvalue weighted by Crippen LogP contribution is -2.25. The van der Waals surface area contributed by atoms with Gasteiger partial charge in [-0.25, -0.2) is 0 Å². The first kappa shape index (κ1) is 29.6. The molecule has 0 aromatic heterocycles. The summed E-state index contributed by atoms with van der Waals surface area (Å²) in [6.07, 6.45) is 16.2. The quantitative estimate of drug-likeness (QED) is 0.109. The van der Waals surface area contributed by atoms with Gasteiger partial charge in [-0.1, -0.05) is 102 Å². The molecule has 0 fully saturated rings. The van der Waals surface area contributed by atoms with Crippen LogP contribution in [0, 0.1) is 6.92 Å². The van der Waals surface area contributed by atoms with Crippen LogP contribution in [0.3, 0.4) is 0 Å². The third-order valence-corrected chi connectivity index (χ3v) is 7.15. The number of carbonyl (C=O) groups is 1. The number of carbonyl (C=O) groups excluding carboxylic acids is 1. The van der Waals surface area contributed by atoms with E-state index < -0.39 is 16.2 Å². The topological polar surface area (TPSA) is 69.7 Å². The SMILES string of the molecule is CCCCCCCCCCCCCC[C@@H](COS(=O)(=O)c1ccc(C)cc1)OC(=O)CCC. The van der Waals surface area contributed by atoms with Gasteiger partial charge >= 0.3 is 5.97 Å². The van der Waals surface area contributed by atoms with Crippen LogP contribution in [0.25, 0.3) is 0 Å². The third kappa shape index (κ3) is 14.5. The summed E-state index contributed by atoms with van der Waals surface area (Å²) in [4.78, 5) is 12.1. The maximum absolute atomic E-state index is 12.5. The van der Waals surface area contributed by atoms with E-state index in [-0.39, 0.29) is 17.5 Å². The standard InChI is InChI=1S/C27H46O5S/c1-4-6-7-8-9-10-11-12-13-14-15-16-18-25(32-27(28)17-5-2)23-31-33(29,30)26-21-19-24(3)20-22-26/h19-22,25H,4-18,23H2,1-3H3/t25-/m0/s1. The van der Waals surface area contributed by atoms with Gasteiger partial charge in [-0.15, -0.1) is 0 Å². The molecule has 190 valence electrons. The number of rotatable bonds is 20. The Kier molecular flexibility index (Phi) is 16.2. The second-order valence-corrected chi connectivity index (χ2v) is 10.7. The van der Waals surface area contributed by atoms with Gasteiger partial charge in [0.15, 0.2) is 0 Å². The van der Waals surface area contributed by atoms with E-state index in [1.807, 2.05) is 13.8 Å². The van der Waals surface area contributed by atoms with E-state index in [1.165, 1.54) is 69.9 Å². The van der Waals surface area contributed by atoms with Gasteiger partial charge in [0.05, 0.1) is 4.90 Å². The van der Waals surface area contributed by atoms with Crippen molar-refractivity contribution >= 4 is 16.1 Å². The Morgan fingerprint density at radius 2 is 1.30 bits per heavy atom. The Morgan fingerprint density at radius 3 is 1.82 bits per heavy atom. The summed E-state index contributed by atoms with van der Waals surface area (Å²) in [6, 6.07) is 6.55. The minimum absolute atomic E-state index is 0.122. The van der Waals surface area contributed by atoms with Gasteiger partial charge in [0.2, 0.25) is 0 Å². The van der Waals surface area contributed by atoms with Gasteiger partial charge in [-0.05, 0) is 38.3 Å². The molecule has 1 rings (SSSR count). The molecule has 0 saturated heterocycles. The summed E-state index contributed by atoms with van der Waals surface area (Å²) >= 11 is 0. The summed E-state index contributed by atoms with van der Waals surface area (Å²) in [5, 5.41) is 0. The van der Waals surface area contributed by atoms with Crippen molar-refractivity contribution in [3.05, 3.63) is 29.8 Å². The summed E-state index contributed by atoms with van der Waals surface area (Å²) in [5.74, 6) is -0.294. The fourth-order valence-corrected chi connectivity index (χ4v) is 4.71. The van der Waals surface area contributed by atoms with Crippen molar-refractivity contribution in [1.82, 2.24) is 0 Å². The zero-order valence-electron chi connectivity index (χ0n) is 21.1. The third-order valence-electron chi connectivity index (χ3n) is 5.85. The molecule has 0 unspecified atom stereocenters. The fourth-order valence-electron chi connectivity index (χ4n) is 3.78. The van der Waals surface area contributed by atoms with E-state index in [9.17, 15) is 13.2 Å². The summed E-state index contributed by atoms with van der Waals surface area (Å²) in [5.41, 5.74) is 0.979. The molecule has 33 heavy (non-hydrogen) atoms. The molecule has 0 bridgehead atoms. The molecule has 0 saturated carbocycles. The van der Waals surface area contributed by atoms with Gasteiger partial charge in [0.25, 0.3) is 10.1 Å². The van der Waals surface area contributed by atoms with Crippen molar-refractivity contribution in [2.24, 2.45) is 0 Å². The second kappa shape index (κ2) is 18.0. The Morgan fingerprint density at radius 1 is 0.788 bits per heavy atom. The van der Waals surface area contributed by atoms with Crippen molar-refractivity contribution < 1.29 is 22.1 Å². The van der Waals surface area contributed by atoms with Crippen molar-refractivity contribution in [2.45, 2.75) is 128 Å². The number of aryl methyl sites for hydroxylation is 1. The van der Waals surface area contributed by atoms with Crippen molar-refractivity contribution in [1.29, 1.82) is 0 Å². The van der Waals surface area contributed by atoms with Crippen LogP contribution in [0.15, 0.2) is 29.2 Å². The first-order valence-corrected chi connectivity index (χ1v) is 14.5. The van der Waals surface area contributed by atoms with Gasteiger partial charge in [-0.3, -0.25) is 8.98 Å². The Labute approximate surface area is 202 Å². The molecular formula is C27H46O5S. The highest BCUT2D eigenvalue weighted by Gasteiger charge is 2.21. The summed E-state index contributed by atoms with van der Waals surface area (Å²) < 4.78 is 35.7. The van der Waals surface area contributed by atoms with Crippen LogP contribution in [0.4, 0.5) is 0 Å². The van der Waals surface area contributed by atoms with Gasteiger partial charge in [0.1, 0.15) is 12.7 Å². The number of hydrogen-bond donors (Lipinski definition) is 0. The van der Waals surface area contributed by atoms with E-state index in [0.717, 1.165) is 24.8 Å². The molecule has 1 aromatic carbocycles. The Bertz CT molecular complexity index is 727. The van der Waals surface area contributed by atoms with E-state index in [1.54, 1.807) is 12.1 Å². The molecule has 0 aliphatic rings. The molecular weight excluding hydrogens is 436 g/mol. The number of hydrogen-bond acceptors (Lipinski definition) is 5. The summed E-state index contributed by atoms with van der Waals surface area (Å²) in [6.45, 7) is 5.93. The number of benzene rings is 1. The van der Waals surface area contributed by atoms with Crippen molar-refractivity contribution in [2.75, 3.05) is 6.61 Å². The normalized spacial score (nSPS) is 12.6. The van der Waals surface area contributed by atoms with Crippen LogP contribution in [0.1, 0.15) is 116 Å². The molecule has 1 atom stereocenters. The molecule has 6 heteroatoms. The Balaban J connectivity index is 2.32. The average molecular weight is 483 g/mol. The van der Waals surface area contributed by atoms with Crippen molar-refractivity contribution in [3.8, 4) is 0 Å². The highest BCUT2D eigenvalue weighted by atomic mass is 32.2. The van der Waals surface area contributed by atoms with Gasteiger partial charge in [0, 0.05) is 6.42 Å². The largest absolute Gasteiger partial charge is 0.460 e. The molecule has 0 radical (unpaired) electrons. The molecule has 1 aromatic rings.